The lowest BCUT2D eigenvalue weighted by molar-refractivity contribution is -0.121. The van der Waals surface area contributed by atoms with Crippen LogP contribution in [-0.4, -0.2) is 36.1 Å². The van der Waals surface area contributed by atoms with Gasteiger partial charge >= 0.3 is 0 Å². The van der Waals surface area contributed by atoms with Crippen LogP contribution >= 0.6 is 8.20 Å². The Hall–Kier alpha value is -0.980. The largest absolute Gasteiger partial charge is 0.298 e. The summed E-state index contributed by atoms with van der Waals surface area (Å²) in [7, 11) is 3.11. The van der Waals surface area contributed by atoms with Crippen LogP contribution in [0.15, 0.2) is 35.7 Å². The predicted molar refractivity (Wildman–Crippen MR) is 76.7 cm³/mol. The molecule has 1 aliphatic heterocycles. The number of likely N-dealkylation sites (N-methyl/N-ethyl adjacent to an activating group) is 1. The number of carbonyl (C=O) groups excluding carboxylic acids is 1. The number of allylic oxidation sites excluding steroid dienone is 1. The molecule has 0 radical (unpaired) electrons. The maximum atomic E-state index is 11.6. The van der Waals surface area contributed by atoms with Crippen LogP contribution in [0.2, 0.25) is 0 Å². The molecule has 92 valence electrons. The van der Waals surface area contributed by atoms with E-state index in [1.54, 1.807) is 6.92 Å². The van der Waals surface area contributed by atoms with Gasteiger partial charge in [-0.3, -0.25) is 9.69 Å². The van der Waals surface area contributed by atoms with E-state index in [1.807, 2.05) is 19.8 Å². The molecule has 2 nitrogen and oxygen atoms in total. The molecular weight excluding hydrogens is 229 g/mol. The van der Waals surface area contributed by atoms with Gasteiger partial charge in [0, 0.05) is 6.54 Å². The summed E-state index contributed by atoms with van der Waals surface area (Å²) in [6.07, 6.45) is 5.00. The predicted octanol–water partition coefficient (Wildman–Crippen LogP) is 3.04. The van der Waals surface area contributed by atoms with Crippen molar-refractivity contribution in [1.82, 2.24) is 4.90 Å². The summed E-state index contributed by atoms with van der Waals surface area (Å²) in [6, 6.07) is 0.0234. The quantitative estimate of drug-likeness (QED) is 0.714. The maximum Gasteiger partial charge on any atom is 0.147 e. The summed E-state index contributed by atoms with van der Waals surface area (Å²) in [4.78, 5) is 13.7. The smallest absolute Gasteiger partial charge is 0.147 e. The fraction of sp³-hybridized carbons (Fsp3) is 0.429. The molecule has 0 amide bonds. The van der Waals surface area contributed by atoms with Gasteiger partial charge in [0.1, 0.15) is 5.78 Å². The van der Waals surface area contributed by atoms with Crippen LogP contribution in [0, 0.1) is 0 Å². The Morgan fingerprint density at radius 3 is 2.76 bits per heavy atom. The van der Waals surface area contributed by atoms with Gasteiger partial charge in [-0.2, -0.15) is 0 Å². The van der Waals surface area contributed by atoms with Crippen molar-refractivity contribution in [2.45, 2.75) is 26.3 Å². The van der Waals surface area contributed by atoms with Crippen molar-refractivity contribution in [3.05, 3.63) is 35.7 Å². The summed E-state index contributed by atoms with van der Waals surface area (Å²) < 4.78 is 0. The SMILES string of the molecule is C=CP=CC1=C(/C=C\C)CN(C)C(C(C)=O)C1. The van der Waals surface area contributed by atoms with Crippen LogP contribution in [-0.2, 0) is 4.79 Å². The van der Waals surface area contributed by atoms with Crippen LogP contribution in [0.25, 0.3) is 0 Å². The van der Waals surface area contributed by atoms with Gasteiger partial charge in [0.25, 0.3) is 0 Å². The van der Waals surface area contributed by atoms with Crippen molar-refractivity contribution in [3.8, 4) is 0 Å². The zero-order chi connectivity index (χ0) is 12.8. The summed E-state index contributed by atoms with van der Waals surface area (Å²) >= 11 is 0. The van der Waals surface area contributed by atoms with Gasteiger partial charge in [-0.25, -0.2) is 0 Å². The maximum absolute atomic E-state index is 11.6. The van der Waals surface area contributed by atoms with Crippen LogP contribution in [0.1, 0.15) is 20.3 Å². The number of hydrogen-bond acceptors (Lipinski definition) is 2. The molecule has 0 spiro atoms. The minimum atomic E-state index is 0.0234. The van der Waals surface area contributed by atoms with E-state index in [2.05, 4.69) is 29.4 Å². The second kappa shape index (κ2) is 6.68. The van der Waals surface area contributed by atoms with Crippen molar-refractivity contribution in [2.24, 2.45) is 0 Å². The lowest BCUT2D eigenvalue weighted by Gasteiger charge is -2.32. The third-order valence-electron chi connectivity index (χ3n) is 2.95. The Labute approximate surface area is 106 Å². The molecule has 1 rings (SSSR count). The molecule has 1 aliphatic rings. The lowest BCUT2D eigenvalue weighted by atomic mass is 9.93. The monoisotopic (exact) mass is 249 g/mol. The number of hydrogen-bond donors (Lipinski definition) is 0. The Morgan fingerprint density at radius 1 is 1.53 bits per heavy atom. The third-order valence-corrected chi connectivity index (χ3v) is 3.62. The van der Waals surface area contributed by atoms with Crippen molar-refractivity contribution in [2.75, 3.05) is 13.6 Å². The first kappa shape index (κ1) is 14.1. The summed E-state index contributed by atoms with van der Waals surface area (Å²) in [6.45, 7) is 8.26. The van der Waals surface area contributed by atoms with Crippen LogP contribution < -0.4 is 0 Å². The van der Waals surface area contributed by atoms with Gasteiger partial charge in [0.2, 0.25) is 0 Å². The zero-order valence-corrected chi connectivity index (χ0v) is 11.7. The Kier molecular flexibility index (Phi) is 5.54. The van der Waals surface area contributed by atoms with E-state index in [0.29, 0.717) is 0 Å². The molecule has 0 bridgehead atoms. The van der Waals surface area contributed by atoms with Crippen molar-refractivity contribution in [3.63, 3.8) is 0 Å². The molecular formula is C14H20NOP. The molecule has 1 atom stereocenters. The minimum absolute atomic E-state index is 0.0234. The molecule has 17 heavy (non-hydrogen) atoms. The third kappa shape index (κ3) is 3.76. The highest BCUT2D eigenvalue weighted by atomic mass is 31.1. The molecule has 1 unspecified atom stereocenters. The highest BCUT2D eigenvalue weighted by Crippen LogP contribution is 2.23. The van der Waals surface area contributed by atoms with Crippen LogP contribution in [0.5, 0.6) is 0 Å². The van der Waals surface area contributed by atoms with Gasteiger partial charge in [-0.1, -0.05) is 26.9 Å². The Bertz CT molecular complexity index is 393. The van der Waals surface area contributed by atoms with E-state index in [-0.39, 0.29) is 11.8 Å². The van der Waals surface area contributed by atoms with E-state index in [4.69, 9.17) is 0 Å². The van der Waals surface area contributed by atoms with E-state index in [0.717, 1.165) is 21.2 Å². The van der Waals surface area contributed by atoms with Crippen molar-refractivity contribution in [1.29, 1.82) is 0 Å². The number of carbonyl (C=O) groups is 1. The van der Waals surface area contributed by atoms with Gasteiger partial charge < -0.3 is 0 Å². The molecule has 0 N–H and O–H groups in total. The van der Waals surface area contributed by atoms with Crippen LogP contribution in [0.4, 0.5) is 0 Å². The first-order chi connectivity index (χ1) is 8.10. The van der Waals surface area contributed by atoms with Gasteiger partial charge in [-0.05, 0) is 50.1 Å². The average Bonchev–Trinajstić information content (AvgIpc) is 2.28. The Balaban J connectivity index is 3.04. The van der Waals surface area contributed by atoms with E-state index >= 15 is 0 Å². The molecule has 0 saturated carbocycles. The second-order valence-corrected chi connectivity index (χ2v) is 5.18. The molecule has 0 aromatic rings. The first-order valence-electron chi connectivity index (χ1n) is 5.79. The van der Waals surface area contributed by atoms with Crippen molar-refractivity contribution < 1.29 is 4.79 Å². The summed E-state index contributed by atoms with van der Waals surface area (Å²) in [5.74, 6) is 4.26. The van der Waals surface area contributed by atoms with Gasteiger partial charge in [-0.15, -0.1) is 0 Å². The molecule has 1 heterocycles. The molecule has 0 aliphatic carbocycles. The average molecular weight is 249 g/mol. The normalized spacial score (nSPS) is 22.6. The molecule has 0 fully saturated rings. The minimum Gasteiger partial charge on any atom is -0.298 e. The second-order valence-electron chi connectivity index (χ2n) is 4.26. The molecule has 0 aromatic heterocycles. The topological polar surface area (TPSA) is 20.3 Å². The number of ketones is 1. The summed E-state index contributed by atoms with van der Waals surface area (Å²) in [5, 5.41) is 0. The number of Topliss-reactive ketones (excluding diaryl/α,β-unsaturated/α-hetero) is 1. The highest BCUT2D eigenvalue weighted by molar-refractivity contribution is 7.42. The van der Waals surface area contributed by atoms with E-state index < -0.39 is 0 Å². The molecule has 0 aromatic carbocycles. The number of rotatable bonds is 4. The fourth-order valence-corrected chi connectivity index (χ4v) is 2.63. The van der Waals surface area contributed by atoms with E-state index in [9.17, 15) is 4.79 Å². The first-order valence-corrected chi connectivity index (χ1v) is 6.83. The van der Waals surface area contributed by atoms with E-state index in [1.165, 1.54) is 11.1 Å². The lowest BCUT2D eigenvalue weighted by Crippen LogP contribution is -2.42. The van der Waals surface area contributed by atoms with Gasteiger partial charge in [0.05, 0.1) is 6.04 Å². The van der Waals surface area contributed by atoms with Crippen LogP contribution in [0.3, 0.4) is 0 Å². The fourth-order valence-electron chi connectivity index (χ4n) is 2.07. The summed E-state index contributed by atoms with van der Waals surface area (Å²) in [5.41, 5.74) is 2.59. The molecule has 3 heteroatoms. The zero-order valence-electron chi connectivity index (χ0n) is 10.8. The van der Waals surface area contributed by atoms with Gasteiger partial charge in [0.15, 0.2) is 0 Å². The Morgan fingerprint density at radius 2 is 2.24 bits per heavy atom. The molecule has 0 saturated heterocycles. The van der Waals surface area contributed by atoms with Crippen molar-refractivity contribution >= 4 is 19.8 Å². The number of nitrogens with zero attached hydrogens (tertiary/aromatic N) is 1. The standard InChI is InChI=1S/C14H20NOP/c1-5-7-12-9-15(4)14(11(3)16)8-13(12)10-17-6-2/h5-7,10,14H,2,8-9H2,1,3-4H3/b7-5-. The highest BCUT2D eigenvalue weighted by Gasteiger charge is 2.26.